The molecule has 1 fully saturated rings. The molecule has 2 heterocycles. The van der Waals surface area contributed by atoms with Crippen molar-refractivity contribution in [3.8, 4) is 11.3 Å². The maximum atomic E-state index is 12.5. The van der Waals surface area contributed by atoms with Crippen LogP contribution in [0.2, 0.25) is 0 Å². The monoisotopic (exact) mass is 410 g/mol. The second-order valence-electron chi connectivity index (χ2n) is 7.88. The van der Waals surface area contributed by atoms with Crippen LogP contribution in [-0.4, -0.2) is 35.2 Å². The number of anilines is 1. The molecule has 1 aliphatic heterocycles. The zero-order valence-corrected chi connectivity index (χ0v) is 17.2. The largest absolute Gasteiger partial charge is 0.354 e. The molecule has 0 bridgehead atoms. The number of rotatable bonds is 4. The standard InChI is InChI=1S/C26H24N4O.H2/c31-26(20-11-5-2-6-12-20)27-21-15-17-30(18-16-21)25-23-14-8-7-13-22(23)24(28-29-25)19-9-3-1-4-10-19;/h1-14,21H,15-18H2,(H,27,31);1H. The van der Waals surface area contributed by atoms with Crippen LogP contribution in [0, 0.1) is 0 Å². The number of hydrogen-bond donors (Lipinski definition) is 1. The fourth-order valence-electron chi connectivity index (χ4n) is 4.23. The summed E-state index contributed by atoms with van der Waals surface area (Å²) >= 11 is 0. The van der Waals surface area contributed by atoms with Crippen molar-refractivity contribution in [2.75, 3.05) is 18.0 Å². The van der Waals surface area contributed by atoms with Gasteiger partial charge in [-0.25, -0.2) is 0 Å². The van der Waals surface area contributed by atoms with Crippen LogP contribution in [0.15, 0.2) is 84.9 Å². The maximum Gasteiger partial charge on any atom is 0.251 e. The molecule has 0 aliphatic carbocycles. The second kappa shape index (κ2) is 8.56. The van der Waals surface area contributed by atoms with Gasteiger partial charge in [-0.3, -0.25) is 4.79 Å². The highest BCUT2D eigenvalue weighted by atomic mass is 16.1. The van der Waals surface area contributed by atoms with Gasteiger partial charge in [0.25, 0.3) is 5.91 Å². The Morgan fingerprint density at radius 3 is 2.13 bits per heavy atom. The van der Waals surface area contributed by atoms with Gasteiger partial charge in [-0.1, -0.05) is 72.8 Å². The molecule has 0 radical (unpaired) electrons. The lowest BCUT2D eigenvalue weighted by Crippen LogP contribution is -2.45. The number of nitrogens with one attached hydrogen (secondary N) is 1. The van der Waals surface area contributed by atoms with Crippen LogP contribution in [-0.2, 0) is 0 Å². The van der Waals surface area contributed by atoms with Crippen molar-refractivity contribution in [2.45, 2.75) is 18.9 Å². The molecule has 1 N–H and O–H groups in total. The molecular weight excluding hydrogens is 384 g/mol. The van der Waals surface area contributed by atoms with E-state index in [0.29, 0.717) is 5.56 Å². The summed E-state index contributed by atoms with van der Waals surface area (Å²) in [7, 11) is 0. The van der Waals surface area contributed by atoms with Gasteiger partial charge in [-0.15, -0.1) is 10.2 Å². The normalized spacial score (nSPS) is 14.5. The molecule has 156 valence electrons. The predicted molar refractivity (Wildman–Crippen MR) is 126 cm³/mol. The molecule has 1 aromatic heterocycles. The van der Waals surface area contributed by atoms with Crippen molar-refractivity contribution in [1.29, 1.82) is 0 Å². The summed E-state index contributed by atoms with van der Waals surface area (Å²) in [5.41, 5.74) is 2.68. The molecule has 5 nitrogen and oxygen atoms in total. The van der Waals surface area contributed by atoms with E-state index in [1.165, 1.54) is 0 Å². The van der Waals surface area contributed by atoms with Gasteiger partial charge in [-0.2, -0.15) is 0 Å². The summed E-state index contributed by atoms with van der Waals surface area (Å²) in [5, 5.41) is 14.6. The van der Waals surface area contributed by atoms with Crippen LogP contribution in [0.3, 0.4) is 0 Å². The van der Waals surface area contributed by atoms with Gasteiger partial charge in [0.1, 0.15) is 5.69 Å². The second-order valence-corrected chi connectivity index (χ2v) is 7.88. The highest BCUT2D eigenvalue weighted by Crippen LogP contribution is 2.32. The minimum atomic E-state index is -0.00324. The molecule has 5 heteroatoms. The van der Waals surface area contributed by atoms with E-state index in [1.807, 2.05) is 54.6 Å². The van der Waals surface area contributed by atoms with Crippen molar-refractivity contribution in [3.05, 3.63) is 90.5 Å². The molecule has 4 aromatic rings. The van der Waals surface area contributed by atoms with Gasteiger partial charge in [-0.05, 0) is 25.0 Å². The maximum absolute atomic E-state index is 12.5. The Morgan fingerprint density at radius 1 is 0.806 bits per heavy atom. The Labute approximate surface area is 183 Å². The topological polar surface area (TPSA) is 58.1 Å². The smallest absolute Gasteiger partial charge is 0.251 e. The SMILES string of the molecule is O=C(NC1CCN(c2nnc(-c3ccccc3)c3ccccc23)CC1)c1ccccc1.[HH]. The minimum Gasteiger partial charge on any atom is -0.354 e. The Kier molecular flexibility index (Phi) is 5.31. The summed E-state index contributed by atoms with van der Waals surface area (Å²) in [6.07, 6.45) is 1.77. The van der Waals surface area contributed by atoms with E-state index in [4.69, 9.17) is 0 Å². The van der Waals surface area contributed by atoms with Crippen molar-refractivity contribution in [3.63, 3.8) is 0 Å². The number of piperidine rings is 1. The molecule has 0 atom stereocenters. The fourth-order valence-corrected chi connectivity index (χ4v) is 4.23. The molecule has 0 unspecified atom stereocenters. The van der Waals surface area contributed by atoms with Crippen LogP contribution in [0.1, 0.15) is 24.6 Å². The first-order valence-corrected chi connectivity index (χ1v) is 10.7. The molecule has 31 heavy (non-hydrogen) atoms. The predicted octanol–water partition coefficient (Wildman–Crippen LogP) is 4.94. The summed E-state index contributed by atoms with van der Waals surface area (Å²) in [6.45, 7) is 1.67. The number of nitrogens with zero attached hydrogens (tertiary/aromatic N) is 3. The first-order chi connectivity index (χ1) is 15.3. The van der Waals surface area contributed by atoms with Crippen molar-refractivity contribution < 1.29 is 6.22 Å². The minimum absolute atomic E-state index is 0. The highest BCUT2D eigenvalue weighted by Gasteiger charge is 2.24. The number of amides is 1. The molecule has 5 rings (SSSR count). The van der Waals surface area contributed by atoms with E-state index in [2.05, 4.69) is 50.7 Å². The fraction of sp³-hybridized carbons (Fsp3) is 0.192. The molecule has 1 aliphatic rings. The Hall–Kier alpha value is -3.73. The van der Waals surface area contributed by atoms with Crippen molar-refractivity contribution in [2.24, 2.45) is 0 Å². The van der Waals surface area contributed by atoms with Gasteiger partial charge in [0.15, 0.2) is 5.82 Å². The zero-order chi connectivity index (χ0) is 21.0. The Balaban J connectivity index is 0.00000245. The summed E-state index contributed by atoms with van der Waals surface area (Å²) < 4.78 is 0. The Bertz CT molecular complexity index is 1190. The number of carbonyl (C=O) groups excluding carboxylic acids is 1. The first kappa shape index (κ1) is 19.2. The number of fused-ring (bicyclic) bond motifs is 1. The third-order valence-corrected chi connectivity index (χ3v) is 5.88. The van der Waals surface area contributed by atoms with Gasteiger partial charge in [0.05, 0.1) is 0 Å². The average Bonchev–Trinajstić information content (AvgIpc) is 2.85. The van der Waals surface area contributed by atoms with Crippen LogP contribution in [0.25, 0.3) is 22.0 Å². The van der Waals surface area contributed by atoms with Crippen LogP contribution >= 0.6 is 0 Å². The van der Waals surface area contributed by atoms with Gasteiger partial charge < -0.3 is 10.2 Å². The first-order valence-electron chi connectivity index (χ1n) is 10.7. The summed E-state index contributed by atoms with van der Waals surface area (Å²) in [4.78, 5) is 14.8. The molecule has 0 spiro atoms. The van der Waals surface area contributed by atoms with Crippen molar-refractivity contribution >= 4 is 22.5 Å². The van der Waals surface area contributed by atoms with E-state index >= 15 is 0 Å². The lowest BCUT2D eigenvalue weighted by molar-refractivity contribution is 0.0931. The number of benzene rings is 3. The number of carbonyl (C=O) groups is 1. The van der Waals surface area contributed by atoms with Gasteiger partial charge in [0, 0.05) is 42.5 Å². The summed E-state index contributed by atoms with van der Waals surface area (Å²) in [5.74, 6) is 0.916. The number of hydrogen-bond acceptors (Lipinski definition) is 4. The number of aromatic nitrogens is 2. The van der Waals surface area contributed by atoms with Crippen LogP contribution < -0.4 is 10.2 Å². The van der Waals surface area contributed by atoms with Crippen molar-refractivity contribution in [1.82, 2.24) is 15.5 Å². The Morgan fingerprint density at radius 2 is 1.42 bits per heavy atom. The van der Waals surface area contributed by atoms with E-state index in [0.717, 1.165) is 53.8 Å². The quantitative estimate of drug-likeness (QED) is 0.518. The average molecular weight is 411 g/mol. The molecule has 0 saturated carbocycles. The summed E-state index contributed by atoms with van der Waals surface area (Å²) in [6, 6.07) is 28.1. The van der Waals surface area contributed by atoms with Crippen LogP contribution in [0.5, 0.6) is 0 Å². The third kappa shape index (κ3) is 3.99. The molecule has 3 aromatic carbocycles. The van der Waals surface area contributed by atoms with Gasteiger partial charge in [0.2, 0.25) is 0 Å². The molecule has 1 amide bonds. The third-order valence-electron chi connectivity index (χ3n) is 5.88. The van der Waals surface area contributed by atoms with Gasteiger partial charge >= 0.3 is 0 Å². The lowest BCUT2D eigenvalue weighted by atomic mass is 10.0. The zero-order valence-electron chi connectivity index (χ0n) is 17.2. The van der Waals surface area contributed by atoms with E-state index in [-0.39, 0.29) is 13.4 Å². The highest BCUT2D eigenvalue weighted by molar-refractivity contribution is 6.00. The lowest BCUT2D eigenvalue weighted by Gasteiger charge is -2.33. The van der Waals surface area contributed by atoms with E-state index < -0.39 is 0 Å². The molecular formula is C26H26N4O. The van der Waals surface area contributed by atoms with E-state index in [1.54, 1.807) is 0 Å². The van der Waals surface area contributed by atoms with Crippen LogP contribution in [0.4, 0.5) is 5.82 Å². The molecule has 1 saturated heterocycles. The van der Waals surface area contributed by atoms with E-state index in [9.17, 15) is 4.79 Å².